The third-order valence-corrected chi connectivity index (χ3v) is 5.94. The quantitative estimate of drug-likeness (QED) is 0.381. The lowest BCUT2D eigenvalue weighted by molar-refractivity contribution is 0.0140. The van der Waals surface area contributed by atoms with Crippen LogP contribution in [0.25, 0.3) is 0 Å². The minimum atomic E-state index is -2.95. The van der Waals surface area contributed by atoms with Crippen molar-refractivity contribution in [2.24, 2.45) is 5.73 Å². The number of hydrogen-bond acceptors (Lipinski definition) is 9. The SMILES string of the molecule is Cc1c(CN2CC(S(C)(=O)=O)C2)nnn1CCOCCOCCOCCN. The molecule has 27 heavy (non-hydrogen) atoms. The van der Waals surface area contributed by atoms with Crippen molar-refractivity contribution >= 4 is 9.84 Å². The van der Waals surface area contributed by atoms with Gasteiger partial charge in [-0.1, -0.05) is 5.21 Å². The molecule has 0 amide bonds. The second-order valence-corrected chi connectivity index (χ2v) is 8.94. The molecule has 2 rings (SSSR count). The maximum atomic E-state index is 11.5. The molecular formula is C16H31N5O5S. The van der Waals surface area contributed by atoms with Crippen molar-refractivity contribution in [3.8, 4) is 0 Å². The van der Waals surface area contributed by atoms with Gasteiger partial charge in [0, 0.05) is 32.4 Å². The average Bonchev–Trinajstić information content (AvgIpc) is 2.91. The third-order valence-electron chi connectivity index (χ3n) is 4.43. The van der Waals surface area contributed by atoms with E-state index >= 15 is 0 Å². The summed E-state index contributed by atoms with van der Waals surface area (Å²) in [7, 11) is -2.95. The van der Waals surface area contributed by atoms with Crippen molar-refractivity contribution in [1.82, 2.24) is 19.9 Å². The van der Waals surface area contributed by atoms with Gasteiger partial charge in [-0.3, -0.25) is 4.90 Å². The van der Waals surface area contributed by atoms with Crippen molar-refractivity contribution < 1.29 is 22.6 Å². The van der Waals surface area contributed by atoms with Crippen molar-refractivity contribution in [3.05, 3.63) is 11.4 Å². The van der Waals surface area contributed by atoms with Crippen LogP contribution in [0.1, 0.15) is 11.4 Å². The number of nitrogens with two attached hydrogens (primary N) is 1. The molecule has 0 spiro atoms. The number of nitrogens with zero attached hydrogens (tertiary/aromatic N) is 4. The van der Waals surface area contributed by atoms with Gasteiger partial charge in [0.05, 0.1) is 62.8 Å². The van der Waals surface area contributed by atoms with Gasteiger partial charge in [0.25, 0.3) is 0 Å². The topological polar surface area (TPSA) is 122 Å². The van der Waals surface area contributed by atoms with Crippen molar-refractivity contribution in [2.75, 3.05) is 65.5 Å². The molecule has 2 N–H and O–H groups in total. The normalized spacial score (nSPS) is 16.0. The Hall–Kier alpha value is -1.11. The van der Waals surface area contributed by atoms with Gasteiger partial charge in [-0.2, -0.15) is 0 Å². The Labute approximate surface area is 160 Å². The van der Waals surface area contributed by atoms with Crippen LogP contribution in [0.15, 0.2) is 0 Å². The highest BCUT2D eigenvalue weighted by molar-refractivity contribution is 7.91. The molecule has 0 unspecified atom stereocenters. The van der Waals surface area contributed by atoms with Crippen LogP contribution in [-0.2, 0) is 37.1 Å². The van der Waals surface area contributed by atoms with Gasteiger partial charge in [-0.15, -0.1) is 5.10 Å². The van der Waals surface area contributed by atoms with Gasteiger partial charge in [0.2, 0.25) is 0 Å². The van der Waals surface area contributed by atoms with Gasteiger partial charge in [0.1, 0.15) is 0 Å². The molecule has 1 fully saturated rings. The first kappa shape index (κ1) is 22.2. The van der Waals surface area contributed by atoms with Crippen LogP contribution >= 0.6 is 0 Å². The van der Waals surface area contributed by atoms with E-state index in [2.05, 4.69) is 15.2 Å². The van der Waals surface area contributed by atoms with E-state index < -0.39 is 9.84 Å². The fraction of sp³-hybridized carbons (Fsp3) is 0.875. The second-order valence-electron chi connectivity index (χ2n) is 6.62. The fourth-order valence-electron chi connectivity index (χ4n) is 2.67. The summed E-state index contributed by atoms with van der Waals surface area (Å²) in [5.41, 5.74) is 7.18. The number of ether oxygens (including phenoxy) is 3. The lowest BCUT2D eigenvalue weighted by Gasteiger charge is -2.37. The highest BCUT2D eigenvalue weighted by atomic mass is 32.2. The third kappa shape index (κ3) is 7.43. The summed E-state index contributed by atoms with van der Waals surface area (Å²) >= 11 is 0. The molecule has 0 aliphatic carbocycles. The van der Waals surface area contributed by atoms with E-state index in [0.29, 0.717) is 72.4 Å². The zero-order valence-corrected chi connectivity index (χ0v) is 17.0. The van der Waals surface area contributed by atoms with Crippen molar-refractivity contribution in [2.45, 2.75) is 25.3 Å². The molecule has 1 saturated heterocycles. The van der Waals surface area contributed by atoms with Crippen LogP contribution in [-0.4, -0.2) is 99.1 Å². The predicted molar refractivity (Wildman–Crippen MR) is 100 cm³/mol. The van der Waals surface area contributed by atoms with E-state index in [4.69, 9.17) is 19.9 Å². The van der Waals surface area contributed by atoms with Gasteiger partial charge in [-0.05, 0) is 6.92 Å². The summed E-state index contributed by atoms with van der Waals surface area (Å²) in [6.07, 6.45) is 1.29. The molecule has 0 atom stereocenters. The maximum absolute atomic E-state index is 11.5. The molecule has 156 valence electrons. The van der Waals surface area contributed by atoms with Gasteiger partial charge in [0.15, 0.2) is 9.84 Å². The van der Waals surface area contributed by atoms with Crippen molar-refractivity contribution in [1.29, 1.82) is 0 Å². The molecule has 10 nitrogen and oxygen atoms in total. The Bertz CT molecular complexity index is 660. The van der Waals surface area contributed by atoms with Crippen LogP contribution in [0, 0.1) is 6.92 Å². The molecule has 1 aliphatic rings. The lowest BCUT2D eigenvalue weighted by Crippen LogP contribution is -2.53. The second kappa shape index (κ2) is 11.0. The standard InChI is InChI=1S/C16H31N5O5S/c1-14-16(13-20-11-15(12-20)27(2,22)23)18-19-21(14)4-6-25-8-10-26-9-7-24-5-3-17/h15H,3-13,17H2,1-2H3. The summed E-state index contributed by atoms with van der Waals surface area (Å²) in [5.74, 6) is 0. The molecule has 1 aromatic heterocycles. The highest BCUT2D eigenvalue weighted by Gasteiger charge is 2.34. The van der Waals surface area contributed by atoms with Crippen LogP contribution in [0.5, 0.6) is 0 Å². The monoisotopic (exact) mass is 405 g/mol. The molecule has 2 heterocycles. The number of aromatic nitrogens is 3. The predicted octanol–water partition coefficient (Wildman–Crippen LogP) is -1.18. The minimum Gasteiger partial charge on any atom is -0.378 e. The highest BCUT2D eigenvalue weighted by Crippen LogP contribution is 2.18. The fourth-order valence-corrected chi connectivity index (χ4v) is 3.63. The summed E-state index contributed by atoms with van der Waals surface area (Å²) in [6, 6.07) is 0. The van der Waals surface area contributed by atoms with Crippen molar-refractivity contribution in [3.63, 3.8) is 0 Å². The Morgan fingerprint density at radius 3 is 2.26 bits per heavy atom. The maximum Gasteiger partial charge on any atom is 0.152 e. The summed E-state index contributed by atoms with van der Waals surface area (Å²) in [6.45, 7) is 8.03. The van der Waals surface area contributed by atoms with E-state index in [1.807, 2.05) is 11.6 Å². The molecule has 0 bridgehead atoms. The van der Waals surface area contributed by atoms with E-state index in [1.165, 1.54) is 6.26 Å². The van der Waals surface area contributed by atoms with Crippen LogP contribution in [0.2, 0.25) is 0 Å². The average molecular weight is 406 g/mol. The Morgan fingerprint density at radius 1 is 1.07 bits per heavy atom. The number of rotatable bonds is 14. The summed E-state index contributed by atoms with van der Waals surface area (Å²) in [5, 5.41) is 8.11. The largest absolute Gasteiger partial charge is 0.378 e. The molecule has 1 aromatic rings. The first-order valence-electron chi connectivity index (χ1n) is 9.15. The lowest BCUT2D eigenvalue weighted by atomic mass is 10.2. The zero-order valence-electron chi connectivity index (χ0n) is 16.2. The first-order chi connectivity index (χ1) is 12.9. The number of sulfone groups is 1. The molecule has 0 saturated carbocycles. The van der Waals surface area contributed by atoms with E-state index in [0.717, 1.165) is 11.4 Å². The smallest absolute Gasteiger partial charge is 0.152 e. The van der Waals surface area contributed by atoms with Crippen LogP contribution in [0.4, 0.5) is 0 Å². The van der Waals surface area contributed by atoms with Crippen LogP contribution in [0.3, 0.4) is 0 Å². The Morgan fingerprint density at radius 2 is 1.67 bits per heavy atom. The van der Waals surface area contributed by atoms with Gasteiger partial charge < -0.3 is 19.9 Å². The molecule has 1 aliphatic heterocycles. The number of likely N-dealkylation sites (tertiary alicyclic amines) is 1. The van der Waals surface area contributed by atoms with Gasteiger partial charge >= 0.3 is 0 Å². The molecule has 0 radical (unpaired) electrons. The first-order valence-corrected chi connectivity index (χ1v) is 11.1. The van der Waals surface area contributed by atoms with Gasteiger partial charge in [-0.25, -0.2) is 13.1 Å². The molecule has 11 heteroatoms. The zero-order chi connectivity index (χ0) is 19.7. The van der Waals surface area contributed by atoms with E-state index in [-0.39, 0.29) is 5.25 Å². The minimum absolute atomic E-state index is 0.254. The van der Waals surface area contributed by atoms with E-state index in [9.17, 15) is 8.42 Å². The summed E-state index contributed by atoms with van der Waals surface area (Å²) < 4.78 is 40.9. The summed E-state index contributed by atoms with van der Waals surface area (Å²) in [4.78, 5) is 2.07. The molecule has 0 aromatic carbocycles. The Kier molecular flexibility index (Phi) is 9.06. The number of hydrogen-bond donors (Lipinski definition) is 1. The van der Waals surface area contributed by atoms with Crippen LogP contribution < -0.4 is 5.73 Å². The Balaban J connectivity index is 1.57. The van der Waals surface area contributed by atoms with E-state index in [1.54, 1.807) is 0 Å². The molecular weight excluding hydrogens is 374 g/mol.